The minimum atomic E-state index is 0.756. The molecule has 2 fully saturated rings. The van der Waals surface area contributed by atoms with Gasteiger partial charge in [0.1, 0.15) is 0 Å². The van der Waals surface area contributed by atoms with Crippen LogP contribution in [0.25, 0.3) is 0 Å². The van der Waals surface area contributed by atoms with E-state index in [0.717, 1.165) is 12.1 Å². The summed E-state index contributed by atoms with van der Waals surface area (Å²) >= 11 is 0. The maximum atomic E-state index is 3.66. The highest BCUT2D eigenvalue weighted by Gasteiger charge is 2.25. The molecular weight excluding hydrogens is 198 g/mol. The van der Waals surface area contributed by atoms with Crippen LogP contribution in [-0.4, -0.2) is 61.7 Å². The number of nitrogens with one attached hydrogen (secondary N) is 1. The summed E-state index contributed by atoms with van der Waals surface area (Å²) in [5.74, 6) is 0. The molecule has 0 radical (unpaired) electrons. The smallest absolute Gasteiger partial charge is 0.0224 e. The SMILES string of the molecule is CCC1CCN(C2CCCN(C)C2)CCN1. The average molecular weight is 225 g/mol. The molecule has 0 spiro atoms. The molecule has 0 aromatic carbocycles. The molecule has 16 heavy (non-hydrogen) atoms. The molecule has 2 heterocycles. The quantitative estimate of drug-likeness (QED) is 0.761. The Labute approximate surface area is 100 Å². The molecule has 0 bridgehead atoms. The first-order chi connectivity index (χ1) is 7.79. The monoisotopic (exact) mass is 225 g/mol. The van der Waals surface area contributed by atoms with Crippen molar-refractivity contribution < 1.29 is 0 Å². The largest absolute Gasteiger partial charge is 0.313 e. The fraction of sp³-hybridized carbons (Fsp3) is 1.00. The van der Waals surface area contributed by atoms with Gasteiger partial charge in [-0.25, -0.2) is 0 Å². The van der Waals surface area contributed by atoms with E-state index in [1.807, 2.05) is 0 Å². The lowest BCUT2D eigenvalue weighted by atomic mass is 10.0. The lowest BCUT2D eigenvalue weighted by Crippen LogP contribution is -2.47. The Morgan fingerprint density at radius 1 is 1.19 bits per heavy atom. The van der Waals surface area contributed by atoms with Crippen molar-refractivity contribution in [1.29, 1.82) is 0 Å². The fourth-order valence-corrected chi connectivity index (χ4v) is 3.10. The summed E-state index contributed by atoms with van der Waals surface area (Å²) in [6.45, 7) is 8.58. The second-order valence-electron chi connectivity index (χ2n) is 5.44. The van der Waals surface area contributed by atoms with Gasteiger partial charge in [-0.15, -0.1) is 0 Å². The molecule has 1 N–H and O–H groups in total. The first-order valence-corrected chi connectivity index (χ1v) is 6.95. The Bertz CT molecular complexity index is 207. The van der Waals surface area contributed by atoms with Crippen LogP contribution in [0.4, 0.5) is 0 Å². The molecule has 2 unspecified atom stereocenters. The van der Waals surface area contributed by atoms with Crippen LogP contribution in [0.15, 0.2) is 0 Å². The van der Waals surface area contributed by atoms with Gasteiger partial charge in [0, 0.05) is 38.3 Å². The van der Waals surface area contributed by atoms with Crippen molar-refractivity contribution in [1.82, 2.24) is 15.1 Å². The molecule has 3 heteroatoms. The van der Waals surface area contributed by atoms with E-state index in [-0.39, 0.29) is 0 Å². The number of likely N-dealkylation sites (N-methyl/N-ethyl adjacent to an activating group) is 1. The van der Waals surface area contributed by atoms with Crippen LogP contribution < -0.4 is 5.32 Å². The van der Waals surface area contributed by atoms with Crippen molar-refractivity contribution in [3.8, 4) is 0 Å². The van der Waals surface area contributed by atoms with Crippen molar-refractivity contribution in [3.05, 3.63) is 0 Å². The van der Waals surface area contributed by atoms with Crippen molar-refractivity contribution in [2.45, 2.75) is 44.7 Å². The van der Waals surface area contributed by atoms with E-state index in [9.17, 15) is 0 Å². The van der Waals surface area contributed by atoms with Gasteiger partial charge in [-0.3, -0.25) is 4.90 Å². The van der Waals surface area contributed by atoms with Crippen LogP contribution in [0.1, 0.15) is 32.6 Å². The van der Waals surface area contributed by atoms with Gasteiger partial charge < -0.3 is 10.2 Å². The van der Waals surface area contributed by atoms with E-state index in [4.69, 9.17) is 0 Å². The topological polar surface area (TPSA) is 18.5 Å². The van der Waals surface area contributed by atoms with Crippen LogP contribution in [0.5, 0.6) is 0 Å². The summed E-state index contributed by atoms with van der Waals surface area (Å²) in [6, 6.07) is 1.57. The van der Waals surface area contributed by atoms with Gasteiger partial charge in [-0.1, -0.05) is 6.92 Å². The second kappa shape index (κ2) is 5.99. The highest BCUT2D eigenvalue weighted by Crippen LogP contribution is 2.16. The lowest BCUT2D eigenvalue weighted by molar-refractivity contribution is 0.117. The van der Waals surface area contributed by atoms with Crippen molar-refractivity contribution >= 4 is 0 Å². The van der Waals surface area contributed by atoms with E-state index >= 15 is 0 Å². The Kier molecular flexibility index (Phi) is 4.62. The second-order valence-corrected chi connectivity index (χ2v) is 5.44. The Hall–Kier alpha value is -0.120. The zero-order valence-electron chi connectivity index (χ0n) is 10.9. The summed E-state index contributed by atoms with van der Waals surface area (Å²) in [4.78, 5) is 5.21. The summed E-state index contributed by atoms with van der Waals surface area (Å²) < 4.78 is 0. The minimum absolute atomic E-state index is 0.756. The third-order valence-corrected chi connectivity index (χ3v) is 4.21. The molecule has 0 aromatic heterocycles. The summed E-state index contributed by atoms with van der Waals surface area (Å²) in [6.07, 6.45) is 5.39. The Morgan fingerprint density at radius 2 is 2.06 bits per heavy atom. The molecule has 94 valence electrons. The zero-order valence-corrected chi connectivity index (χ0v) is 10.9. The maximum absolute atomic E-state index is 3.66. The van der Waals surface area contributed by atoms with Gasteiger partial charge in [0.25, 0.3) is 0 Å². The molecule has 0 saturated carbocycles. The molecule has 2 rings (SSSR count). The Balaban J connectivity index is 1.84. The minimum Gasteiger partial charge on any atom is -0.313 e. The normalized spacial score (nSPS) is 34.9. The van der Waals surface area contributed by atoms with Gasteiger partial charge >= 0.3 is 0 Å². The number of likely N-dealkylation sites (tertiary alicyclic amines) is 1. The summed E-state index contributed by atoms with van der Waals surface area (Å²) in [5, 5.41) is 3.66. The van der Waals surface area contributed by atoms with Crippen LogP contribution in [-0.2, 0) is 0 Å². The highest BCUT2D eigenvalue weighted by atomic mass is 15.2. The van der Waals surface area contributed by atoms with E-state index in [1.165, 1.54) is 58.4 Å². The van der Waals surface area contributed by atoms with Crippen LogP contribution in [0.2, 0.25) is 0 Å². The third-order valence-electron chi connectivity index (χ3n) is 4.21. The van der Waals surface area contributed by atoms with E-state index in [1.54, 1.807) is 0 Å². The van der Waals surface area contributed by atoms with E-state index in [0.29, 0.717) is 0 Å². The predicted octanol–water partition coefficient (Wildman–Crippen LogP) is 1.15. The van der Waals surface area contributed by atoms with Gasteiger partial charge in [0.05, 0.1) is 0 Å². The van der Waals surface area contributed by atoms with Crippen LogP contribution in [0.3, 0.4) is 0 Å². The lowest BCUT2D eigenvalue weighted by Gasteiger charge is -2.37. The van der Waals surface area contributed by atoms with Gasteiger partial charge in [0.15, 0.2) is 0 Å². The molecule has 0 aliphatic carbocycles. The van der Waals surface area contributed by atoms with Crippen LogP contribution in [0, 0.1) is 0 Å². The first kappa shape index (κ1) is 12.3. The number of hydrogen-bond donors (Lipinski definition) is 1. The molecule has 2 saturated heterocycles. The summed E-state index contributed by atoms with van der Waals surface area (Å²) in [5.41, 5.74) is 0. The van der Waals surface area contributed by atoms with Crippen molar-refractivity contribution in [2.24, 2.45) is 0 Å². The van der Waals surface area contributed by atoms with Crippen molar-refractivity contribution in [3.63, 3.8) is 0 Å². The maximum Gasteiger partial charge on any atom is 0.0224 e. The standard InChI is InChI=1S/C13H27N3/c1-3-12-6-9-16(10-7-14-12)13-5-4-8-15(2)11-13/h12-14H,3-11H2,1-2H3. The zero-order chi connectivity index (χ0) is 11.4. The third kappa shape index (κ3) is 3.19. The molecule has 0 aromatic rings. The number of rotatable bonds is 2. The Morgan fingerprint density at radius 3 is 2.81 bits per heavy atom. The van der Waals surface area contributed by atoms with Crippen LogP contribution >= 0.6 is 0 Å². The van der Waals surface area contributed by atoms with Gasteiger partial charge in [-0.05, 0) is 39.3 Å². The fourth-order valence-electron chi connectivity index (χ4n) is 3.10. The molecule has 3 nitrogen and oxygen atoms in total. The number of nitrogens with zero attached hydrogens (tertiary/aromatic N) is 2. The number of piperidine rings is 1. The van der Waals surface area contributed by atoms with Gasteiger partial charge in [0.2, 0.25) is 0 Å². The molecule has 2 aliphatic rings. The summed E-state index contributed by atoms with van der Waals surface area (Å²) in [7, 11) is 2.26. The predicted molar refractivity (Wildman–Crippen MR) is 68.8 cm³/mol. The average Bonchev–Trinajstić information content (AvgIpc) is 2.54. The molecule has 2 aliphatic heterocycles. The first-order valence-electron chi connectivity index (χ1n) is 6.95. The van der Waals surface area contributed by atoms with Gasteiger partial charge in [-0.2, -0.15) is 0 Å². The van der Waals surface area contributed by atoms with E-state index in [2.05, 4.69) is 29.1 Å². The molecule has 2 atom stereocenters. The van der Waals surface area contributed by atoms with E-state index < -0.39 is 0 Å². The molecular formula is C13H27N3. The van der Waals surface area contributed by atoms with Crippen molar-refractivity contribution in [2.75, 3.05) is 39.8 Å². The highest BCUT2D eigenvalue weighted by molar-refractivity contribution is 4.83. The molecule has 0 amide bonds. The number of hydrogen-bond acceptors (Lipinski definition) is 3.